The Morgan fingerprint density at radius 2 is 1.73 bits per heavy atom. The molecule has 22 heavy (non-hydrogen) atoms. The first-order valence-electron chi connectivity index (χ1n) is 6.78. The summed E-state index contributed by atoms with van der Waals surface area (Å²) >= 11 is 2.14. The van der Waals surface area contributed by atoms with Crippen molar-refractivity contribution in [3.63, 3.8) is 0 Å². The lowest BCUT2D eigenvalue weighted by Crippen LogP contribution is -2.40. The molecule has 0 atom stereocenters. The maximum atomic E-state index is 12.7. The summed E-state index contributed by atoms with van der Waals surface area (Å²) in [4.78, 5) is 0.269. The Labute approximate surface area is 145 Å². The maximum Gasteiger partial charge on any atom is 0.241 e. The smallest absolute Gasteiger partial charge is 0.241 e. The van der Waals surface area contributed by atoms with Crippen molar-refractivity contribution in [2.45, 2.75) is 31.2 Å². The number of sulfonamides is 1. The van der Waals surface area contributed by atoms with Gasteiger partial charge < -0.3 is 5.73 Å². The third kappa shape index (κ3) is 3.99. The molecule has 0 saturated carbocycles. The van der Waals surface area contributed by atoms with Crippen LogP contribution < -0.4 is 10.5 Å². The number of benzene rings is 2. The lowest BCUT2D eigenvalue weighted by Gasteiger charge is -2.21. The first-order chi connectivity index (χ1) is 10.1. The summed E-state index contributed by atoms with van der Waals surface area (Å²) in [6.07, 6.45) is 0. The summed E-state index contributed by atoms with van der Waals surface area (Å²) in [5.74, 6) is 0. The molecule has 0 spiro atoms. The average molecular weight is 430 g/mol. The van der Waals surface area contributed by atoms with Crippen LogP contribution in [0.3, 0.4) is 0 Å². The number of rotatable bonds is 3. The van der Waals surface area contributed by atoms with Gasteiger partial charge in [-0.25, -0.2) is 13.1 Å². The zero-order chi connectivity index (χ0) is 16.5. The van der Waals surface area contributed by atoms with Crippen LogP contribution in [0.2, 0.25) is 0 Å². The number of halogens is 1. The van der Waals surface area contributed by atoms with E-state index in [0.29, 0.717) is 11.3 Å². The lowest BCUT2D eigenvalue weighted by molar-refractivity contribution is 0.491. The van der Waals surface area contributed by atoms with Crippen molar-refractivity contribution in [1.29, 1.82) is 0 Å². The first kappa shape index (κ1) is 17.2. The van der Waals surface area contributed by atoms with Gasteiger partial charge in [0, 0.05) is 20.4 Å². The Hall–Kier alpha value is -1.12. The Bertz CT molecular complexity index is 796. The second kappa shape index (κ2) is 6.17. The van der Waals surface area contributed by atoms with Gasteiger partial charge in [0.2, 0.25) is 10.0 Å². The van der Waals surface area contributed by atoms with Crippen molar-refractivity contribution >= 4 is 38.3 Å². The van der Waals surface area contributed by atoms with E-state index in [1.54, 1.807) is 24.3 Å². The van der Waals surface area contributed by atoms with Crippen molar-refractivity contribution in [2.24, 2.45) is 0 Å². The van der Waals surface area contributed by atoms with Gasteiger partial charge in [0.1, 0.15) is 0 Å². The fraction of sp³-hybridized carbons (Fsp3) is 0.250. The highest BCUT2D eigenvalue weighted by atomic mass is 127. The highest BCUT2D eigenvalue weighted by Crippen LogP contribution is 2.30. The van der Waals surface area contributed by atoms with Crippen LogP contribution in [0, 0.1) is 3.57 Å². The topological polar surface area (TPSA) is 72.2 Å². The predicted octanol–water partition coefficient (Wildman–Crippen LogP) is 3.62. The highest BCUT2D eigenvalue weighted by molar-refractivity contribution is 14.1. The average Bonchev–Trinajstić information content (AvgIpc) is 2.39. The summed E-state index contributed by atoms with van der Waals surface area (Å²) in [5, 5.41) is 0. The lowest BCUT2D eigenvalue weighted by atomic mass is 10.1. The molecule has 2 aromatic rings. The largest absolute Gasteiger partial charge is 0.398 e. The van der Waals surface area contributed by atoms with Gasteiger partial charge >= 0.3 is 0 Å². The van der Waals surface area contributed by atoms with Crippen molar-refractivity contribution in [1.82, 2.24) is 4.72 Å². The van der Waals surface area contributed by atoms with E-state index < -0.39 is 15.6 Å². The van der Waals surface area contributed by atoms with E-state index >= 15 is 0 Å². The van der Waals surface area contributed by atoms with Gasteiger partial charge in [-0.05, 0) is 67.1 Å². The van der Waals surface area contributed by atoms with Crippen LogP contribution in [0.4, 0.5) is 5.69 Å². The molecule has 0 bridgehead atoms. The summed E-state index contributed by atoms with van der Waals surface area (Å²) in [5.41, 5.74) is 7.47. The summed E-state index contributed by atoms with van der Waals surface area (Å²) in [7, 11) is -3.60. The van der Waals surface area contributed by atoms with E-state index in [-0.39, 0.29) is 4.90 Å². The summed E-state index contributed by atoms with van der Waals surface area (Å²) < 4.78 is 28.9. The fourth-order valence-corrected chi connectivity index (χ4v) is 4.26. The quantitative estimate of drug-likeness (QED) is 0.577. The van der Waals surface area contributed by atoms with Gasteiger partial charge in [-0.15, -0.1) is 0 Å². The molecule has 0 aliphatic heterocycles. The molecule has 0 aromatic heterocycles. The second-order valence-corrected chi connectivity index (χ2v) is 8.90. The molecule has 3 N–H and O–H groups in total. The highest BCUT2D eigenvalue weighted by Gasteiger charge is 2.24. The van der Waals surface area contributed by atoms with Gasteiger partial charge in [0.05, 0.1) is 4.90 Å². The summed E-state index contributed by atoms with van der Waals surface area (Å²) in [6, 6.07) is 12.5. The standard InChI is InChI=1S/C16H19IN2O2S/c1-16(2,3)19-22(20,21)15-7-5-4-6-12(15)11-8-9-14(18)13(17)10-11/h4-10,19H,18H2,1-3H3. The third-order valence-corrected chi connectivity index (χ3v) is 5.68. The maximum absolute atomic E-state index is 12.7. The van der Waals surface area contributed by atoms with E-state index in [1.165, 1.54) is 0 Å². The minimum atomic E-state index is -3.60. The van der Waals surface area contributed by atoms with E-state index in [0.717, 1.165) is 9.13 Å². The number of nitrogen functional groups attached to an aromatic ring is 1. The van der Waals surface area contributed by atoms with Gasteiger partial charge in [0.25, 0.3) is 0 Å². The van der Waals surface area contributed by atoms with Crippen LogP contribution in [-0.2, 0) is 10.0 Å². The summed E-state index contributed by atoms with van der Waals surface area (Å²) in [6.45, 7) is 5.46. The van der Waals surface area contributed by atoms with Gasteiger partial charge in [-0.2, -0.15) is 0 Å². The van der Waals surface area contributed by atoms with Crippen molar-refractivity contribution < 1.29 is 8.42 Å². The van der Waals surface area contributed by atoms with Gasteiger partial charge in [0.15, 0.2) is 0 Å². The molecular formula is C16H19IN2O2S. The zero-order valence-electron chi connectivity index (χ0n) is 12.7. The number of hydrogen-bond donors (Lipinski definition) is 2. The molecule has 2 rings (SSSR count). The Kier molecular flexibility index (Phi) is 4.84. The molecule has 0 amide bonds. The number of nitrogens with two attached hydrogens (primary N) is 1. The molecule has 0 fully saturated rings. The molecule has 0 saturated heterocycles. The zero-order valence-corrected chi connectivity index (χ0v) is 15.7. The van der Waals surface area contributed by atoms with Gasteiger partial charge in [-0.1, -0.05) is 24.3 Å². The first-order valence-corrected chi connectivity index (χ1v) is 9.35. The second-order valence-electron chi connectivity index (χ2n) is 6.09. The van der Waals surface area contributed by atoms with Crippen molar-refractivity contribution in [3.05, 3.63) is 46.0 Å². The fourth-order valence-electron chi connectivity index (χ4n) is 2.09. The molecule has 0 aliphatic rings. The molecule has 0 aliphatic carbocycles. The van der Waals surface area contributed by atoms with E-state index in [9.17, 15) is 8.42 Å². The normalized spacial score (nSPS) is 12.4. The van der Waals surface area contributed by atoms with E-state index in [2.05, 4.69) is 27.3 Å². The van der Waals surface area contributed by atoms with Crippen LogP contribution in [0.1, 0.15) is 20.8 Å². The molecule has 6 heteroatoms. The van der Waals surface area contributed by atoms with Crippen LogP contribution in [0.15, 0.2) is 47.4 Å². The molecule has 0 radical (unpaired) electrons. The monoisotopic (exact) mass is 430 g/mol. The van der Waals surface area contributed by atoms with Crippen LogP contribution in [0.5, 0.6) is 0 Å². The Balaban J connectivity index is 2.58. The minimum Gasteiger partial charge on any atom is -0.398 e. The van der Waals surface area contributed by atoms with Crippen molar-refractivity contribution in [3.8, 4) is 11.1 Å². The van der Waals surface area contributed by atoms with Crippen LogP contribution in [0.25, 0.3) is 11.1 Å². The van der Waals surface area contributed by atoms with Crippen molar-refractivity contribution in [2.75, 3.05) is 5.73 Å². The molecule has 118 valence electrons. The minimum absolute atomic E-state index is 0.269. The van der Waals surface area contributed by atoms with E-state index in [1.807, 2.05) is 39.0 Å². The van der Waals surface area contributed by atoms with Crippen LogP contribution >= 0.6 is 22.6 Å². The van der Waals surface area contributed by atoms with Gasteiger partial charge in [-0.3, -0.25) is 0 Å². The molecule has 4 nitrogen and oxygen atoms in total. The third-order valence-electron chi connectivity index (χ3n) is 2.93. The molecular weight excluding hydrogens is 411 g/mol. The SMILES string of the molecule is CC(C)(C)NS(=O)(=O)c1ccccc1-c1ccc(N)c(I)c1. The van der Waals surface area contributed by atoms with E-state index in [4.69, 9.17) is 5.73 Å². The number of nitrogens with one attached hydrogen (secondary N) is 1. The molecule has 0 unspecified atom stereocenters. The predicted molar refractivity (Wildman–Crippen MR) is 99.1 cm³/mol. The number of hydrogen-bond acceptors (Lipinski definition) is 3. The Morgan fingerprint density at radius 3 is 2.32 bits per heavy atom. The number of anilines is 1. The van der Waals surface area contributed by atoms with Crippen LogP contribution in [-0.4, -0.2) is 14.0 Å². The Morgan fingerprint density at radius 1 is 1.09 bits per heavy atom. The molecule has 0 heterocycles. The molecule has 2 aromatic carbocycles.